The van der Waals surface area contributed by atoms with Crippen LogP contribution in [0.5, 0.6) is 0 Å². The van der Waals surface area contributed by atoms with Gasteiger partial charge in [-0.25, -0.2) is 0 Å². The smallest absolute Gasteiger partial charge is 0.277 e. The fourth-order valence-electron chi connectivity index (χ4n) is 2.78. The van der Waals surface area contributed by atoms with Gasteiger partial charge < -0.3 is 10.0 Å². The van der Waals surface area contributed by atoms with Gasteiger partial charge >= 0.3 is 0 Å². The molecule has 1 heterocycles. The van der Waals surface area contributed by atoms with Gasteiger partial charge in [0.05, 0.1) is 12.2 Å². The van der Waals surface area contributed by atoms with Crippen molar-refractivity contribution < 1.29 is 14.7 Å². The summed E-state index contributed by atoms with van der Waals surface area (Å²) in [6.45, 7) is 2.68. The first kappa shape index (κ1) is 18.5. The summed E-state index contributed by atoms with van der Waals surface area (Å²) in [4.78, 5) is 28.6. The van der Waals surface area contributed by atoms with Gasteiger partial charge in [-0.1, -0.05) is 43.5 Å². The summed E-state index contributed by atoms with van der Waals surface area (Å²) in [5.74, 6) is -0.574. The van der Waals surface area contributed by atoms with Gasteiger partial charge in [0.15, 0.2) is 0 Å². The Morgan fingerprint density at radius 2 is 1.79 bits per heavy atom. The van der Waals surface area contributed by atoms with Crippen molar-refractivity contribution in [1.82, 2.24) is 9.80 Å². The Bertz CT molecular complexity index is 640. The minimum atomic E-state index is -0.294. The molecule has 0 saturated carbocycles. The van der Waals surface area contributed by atoms with E-state index in [1.165, 1.54) is 4.90 Å². The monoisotopic (exact) mass is 350 g/mol. The number of hydrogen-bond acceptors (Lipinski definition) is 4. The molecule has 1 aromatic rings. The van der Waals surface area contributed by atoms with Crippen molar-refractivity contribution in [2.24, 2.45) is 0 Å². The van der Waals surface area contributed by atoms with Crippen molar-refractivity contribution >= 4 is 29.0 Å². The number of likely N-dealkylation sites (N-methyl/N-ethyl adjacent to an activating group) is 1. The number of nitrogens with zero attached hydrogens (tertiary/aromatic N) is 2. The van der Waals surface area contributed by atoms with Gasteiger partial charge in [0.1, 0.15) is 5.70 Å². The molecule has 0 unspecified atom stereocenters. The highest BCUT2D eigenvalue weighted by atomic mass is 35.5. The molecule has 24 heavy (non-hydrogen) atoms. The molecule has 0 aromatic heterocycles. The third-order valence-electron chi connectivity index (χ3n) is 4.08. The van der Waals surface area contributed by atoms with Gasteiger partial charge in [-0.05, 0) is 24.1 Å². The van der Waals surface area contributed by atoms with E-state index in [-0.39, 0.29) is 25.0 Å². The van der Waals surface area contributed by atoms with E-state index in [1.807, 2.05) is 0 Å². The standard InChI is InChI=1S/C18H23ClN2O3/c1-3-4-5-10-21-17(23)15(13-6-8-14(19)9-7-13)16(18(21)24)20(2)11-12-22/h6-9,22H,3-5,10-12H2,1-2H3. The van der Waals surface area contributed by atoms with Crippen LogP contribution in [0.3, 0.4) is 0 Å². The van der Waals surface area contributed by atoms with Crippen molar-refractivity contribution in [2.45, 2.75) is 26.2 Å². The van der Waals surface area contributed by atoms with Gasteiger partial charge in [-0.15, -0.1) is 0 Å². The van der Waals surface area contributed by atoms with Gasteiger partial charge in [0.25, 0.3) is 11.8 Å². The van der Waals surface area contributed by atoms with Crippen LogP contribution < -0.4 is 0 Å². The predicted molar refractivity (Wildman–Crippen MR) is 94.3 cm³/mol. The third kappa shape index (κ3) is 3.79. The maximum atomic E-state index is 12.8. The van der Waals surface area contributed by atoms with Crippen LogP contribution in [0.1, 0.15) is 31.7 Å². The predicted octanol–water partition coefficient (Wildman–Crippen LogP) is 2.53. The average molecular weight is 351 g/mol. The van der Waals surface area contributed by atoms with E-state index in [0.29, 0.717) is 28.4 Å². The molecule has 0 saturated heterocycles. The van der Waals surface area contributed by atoms with Gasteiger partial charge in [-0.2, -0.15) is 0 Å². The lowest BCUT2D eigenvalue weighted by Crippen LogP contribution is -2.35. The van der Waals surface area contributed by atoms with E-state index in [9.17, 15) is 14.7 Å². The van der Waals surface area contributed by atoms with Crippen LogP contribution in [0.4, 0.5) is 0 Å². The molecular weight excluding hydrogens is 328 g/mol. The van der Waals surface area contributed by atoms with E-state index in [4.69, 9.17) is 11.6 Å². The molecule has 0 aliphatic carbocycles. The number of aliphatic hydroxyl groups is 1. The molecule has 0 bridgehead atoms. The Balaban J connectivity index is 2.40. The molecule has 1 N–H and O–H groups in total. The zero-order chi connectivity index (χ0) is 17.7. The number of aliphatic hydroxyl groups excluding tert-OH is 1. The van der Waals surface area contributed by atoms with E-state index in [2.05, 4.69) is 6.92 Å². The number of benzene rings is 1. The molecule has 0 fully saturated rings. The van der Waals surface area contributed by atoms with Crippen LogP contribution in [-0.2, 0) is 9.59 Å². The first-order chi connectivity index (χ1) is 11.5. The van der Waals surface area contributed by atoms with Crippen LogP contribution in [0.25, 0.3) is 5.57 Å². The van der Waals surface area contributed by atoms with Crippen LogP contribution in [0, 0.1) is 0 Å². The van der Waals surface area contributed by atoms with Crippen molar-refractivity contribution in [3.05, 3.63) is 40.5 Å². The summed E-state index contributed by atoms with van der Waals surface area (Å²) in [7, 11) is 1.71. The first-order valence-corrected chi connectivity index (χ1v) is 8.57. The number of halogens is 1. The van der Waals surface area contributed by atoms with Crippen molar-refractivity contribution in [3.63, 3.8) is 0 Å². The van der Waals surface area contributed by atoms with E-state index >= 15 is 0 Å². The zero-order valence-electron chi connectivity index (χ0n) is 14.1. The van der Waals surface area contributed by atoms with E-state index < -0.39 is 0 Å². The van der Waals surface area contributed by atoms with Crippen LogP contribution in [0.2, 0.25) is 5.02 Å². The lowest BCUT2D eigenvalue weighted by molar-refractivity contribution is -0.137. The Labute approximate surface area is 147 Å². The summed E-state index contributed by atoms with van der Waals surface area (Å²) in [5, 5.41) is 9.76. The molecule has 0 spiro atoms. The number of unbranched alkanes of at least 4 members (excludes halogenated alkanes) is 2. The lowest BCUT2D eigenvalue weighted by atomic mass is 10.0. The summed E-state index contributed by atoms with van der Waals surface area (Å²) in [6, 6.07) is 6.88. The molecule has 6 heteroatoms. The highest BCUT2D eigenvalue weighted by Crippen LogP contribution is 2.31. The Hall–Kier alpha value is -1.85. The van der Waals surface area contributed by atoms with Crippen LogP contribution in [-0.4, -0.2) is 53.5 Å². The SMILES string of the molecule is CCCCCN1C(=O)C(c2ccc(Cl)cc2)=C(N(C)CCO)C1=O. The number of amides is 2. The topological polar surface area (TPSA) is 60.9 Å². The van der Waals surface area contributed by atoms with Crippen LogP contribution >= 0.6 is 11.6 Å². The minimum Gasteiger partial charge on any atom is -0.395 e. The van der Waals surface area contributed by atoms with Gasteiger partial charge in [-0.3, -0.25) is 14.5 Å². The average Bonchev–Trinajstić information content (AvgIpc) is 2.80. The zero-order valence-corrected chi connectivity index (χ0v) is 14.8. The number of carbonyl (C=O) groups excluding carboxylic acids is 2. The second-order valence-corrected chi connectivity index (χ2v) is 6.28. The molecule has 130 valence electrons. The highest BCUT2D eigenvalue weighted by Gasteiger charge is 2.40. The molecule has 1 aromatic carbocycles. The molecule has 0 atom stereocenters. The second kappa shape index (κ2) is 8.31. The summed E-state index contributed by atoms with van der Waals surface area (Å²) in [6.07, 6.45) is 2.78. The third-order valence-corrected chi connectivity index (χ3v) is 4.33. The molecular formula is C18H23ClN2O3. The highest BCUT2D eigenvalue weighted by molar-refractivity contribution is 6.36. The van der Waals surface area contributed by atoms with Crippen molar-refractivity contribution in [2.75, 3.05) is 26.7 Å². The fourth-order valence-corrected chi connectivity index (χ4v) is 2.90. The Morgan fingerprint density at radius 1 is 1.12 bits per heavy atom. The Morgan fingerprint density at radius 3 is 2.38 bits per heavy atom. The van der Waals surface area contributed by atoms with Crippen LogP contribution in [0.15, 0.2) is 30.0 Å². The summed E-state index contributed by atoms with van der Waals surface area (Å²) in [5.41, 5.74) is 1.38. The molecule has 2 rings (SSSR count). The maximum Gasteiger partial charge on any atom is 0.277 e. The van der Waals surface area contributed by atoms with Crippen molar-refractivity contribution in [3.8, 4) is 0 Å². The van der Waals surface area contributed by atoms with E-state index in [1.54, 1.807) is 36.2 Å². The quantitative estimate of drug-likeness (QED) is 0.578. The summed E-state index contributed by atoms with van der Waals surface area (Å²) >= 11 is 5.92. The largest absolute Gasteiger partial charge is 0.395 e. The number of carbonyl (C=O) groups is 2. The van der Waals surface area contributed by atoms with E-state index in [0.717, 1.165) is 19.3 Å². The van der Waals surface area contributed by atoms with Gasteiger partial charge in [0, 0.05) is 25.2 Å². The minimum absolute atomic E-state index is 0.0921. The fraction of sp³-hybridized carbons (Fsp3) is 0.444. The molecule has 0 radical (unpaired) electrons. The maximum absolute atomic E-state index is 12.8. The normalized spacial score (nSPS) is 14.8. The first-order valence-electron chi connectivity index (χ1n) is 8.19. The number of imide groups is 1. The molecule has 5 nitrogen and oxygen atoms in total. The Kier molecular flexibility index (Phi) is 6.40. The second-order valence-electron chi connectivity index (χ2n) is 5.84. The number of rotatable bonds is 8. The van der Waals surface area contributed by atoms with Gasteiger partial charge in [0.2, 0.25) is 0 Å². The number of hydrogen-bond donors (Lipinski definition) is 1. The molecule has 1 aliphatic rings. The lowest BCUT2D eigenvalue weighted by Gasteiger charge is -2.20. The molecule has 1 aliphatic heterocycles. The van der Waals surface area contributed by atoms with Crippen molar-refractivity contribution in [1.29, 1.82) is 0 Å². The summed E-state index contributed by atoms with van der Waals surface area (Å²) < 4.78 is 0. The molecule has 2 amide bonds.